The minimum absolute atomic E-state index is 0.280. The summed E-state index contributed by atoms with van der Waals surface area (Å²) in [5.41, 5.74) is 5.16. The van der Waals surface area contributed by atoms with E-state index in [0.29, 0.717) is 24.5 Å². The van der Waals surface area contributed by atoms with Gasteiger partial charge in [-0.3, -0.25) is 9.63 Å². The van der Waals surface area contributed by atoms with Gasteiger partial charge in [0.15, 0.2) is 0 Å². The van der Waals surface area contributed by atoms with Gasteiger partial charge >= 0.3 is 0 Å². The van der Waals surface area contributed by atoms with Crippen LogP contribution in [0.2, 0.25) is 0 Å². The molecule has 0 saturated carbocycles. The molecule has 2 aromatic rings. The van der Waals surface area contributed by atoms with Gasteiger partial charge in [-0.1, -0.05) is 35.9 Å². The molecule has 0 heterocycles. The maximum atomic E-state index is 11.8. The summed E-state index contributed by atoms with van der Waals surface area (Å²) in [4.78, 5) is 16.7. The van der Waals surface area contributed by atoms with Crippen molar-refractivity contribution in [3.8, 4) is 5.75 Å². The molecule has 0 fully saturated rings. The van der Waals surface area contributed by atoms with Crippen molar-refractivity contribution in [1.82, 2.24) is 5.48 Å². The van der Waals surface area contributed by atoms with E-state index in [9.17, 15) is 4.79 Å². The molecular weight excluding hydrogens is 266 g/mol. The number of benzene rings is 2. The van der Waals surface area contributed by atoms with E-state index in [1.165, 1.54) is 5.56 Å². The van der Waals surface area contributed by atoms with Crippen LogP contribution in [0.15, 0.2) is 48.5 Å². The molecule has 0 aliphatic carbocycles. The van der Waals surface area contributed by atoms with Crippen molar-refractivity contribution < 1.29 is 14.4 Å². The van der Waals surface area contributed by atoms with Crippen LogP contribution in [0, 0.1) is 6.92 Å². The summed E-state index contributed by atoms with van der Waals surface area (Å²) in [6.45, 7) is 4.75. The van der Waals surface area contributed by atoms with Crippen molar-refractivity contribution in [2.75, 3.05) is 6.61 Å². The largest absolute Gasteiger partial charge is 0.489 e. The lowest BCUT2D eigenvalue weighted by atomic mass is 10.1. The second-order valence-electron chi connectivity index (χ2n) is 4.67. The number of carbonyl (C=O) groups excluding carboxylic acids is 1. The Bertz CT molecular complexity index is 610. The molecule has 1 N–H and O–H groups in total. The Morgan fingerprint density at radius 1 is 1.14 bits per heavy atom. The van der Waals surface area contributed by atoms with Crippen LogP contribution in [-0.2, 0) is 11.4 Å². The topological polar surface area (TPSA) is 47.6 Å². The number of hydroxylamine groups is 1. The molecule has 0 unspecified atom stereocenters. The Morgan fingerprint density at radius 2 is 1.95 bits per heavy atom. The van der Waals surface area contributed by atoms with Gasteiger partial charge in [0.25, 0.3) is 5.91 Å². The minimum Gasteiger partial charge on any atom is -0.489 e. The summed E-state index contributed by atoms with van der Waals surface area (Å²) in [6.07, 6.45) is 0. The lowest BCUT2D eigenvalue weighted by molar-refractivity contribution is 0.0364. The van der Waals surface area contributed by atoms with Gasteiger partial charge < -0.3 is 4.74 Å². The van der Waals surface area contributed by atoms with Crippen LogP contribution in [-0.4, -0.2) is 12.5 Å². The summed E-state index contributed by atoms with van der Waals surface area (Å²) >= 11 is 0. The second-order valence-corrected chi connectivity index (χ2v) is 4.67. The molecule has 4 nitrogen and oxygen atoms in total. The molecular formula is C17H19NO3. The number of nitrogens with one attached hydrogen (secondary N) is 1. The zero-order valence-corrected chi connectivity index (χ0v) is 12.3. The van der Waals surface area contributed by atoms with Gasteiger partial charge in [0.2, 0.25) is 0 Å². The number of rotatable bonds is 6. The maximum Gasteiger partial charge on any atom is 0.274 e. The van der Waals surface area contributed by atoms with Crippen LogP contribution in [0.3, 0.4) is 0 Å². The Balaban J connectivity index is 1.99. The summed E-state index contributed by atoms with van der Waals surface area (Å²) in [5, 5.41) is 0. The molecule has 1 amide bonds. The average Bonchev–Trinajstić information content (AvgIpc) is 2.51. The molecule has 0 atom stereocenters. The highest BCUT2D eigenvalue weighted by Gasteiger charge is 2.06. The monoisotopic (exact) mass is 285 g/mol. The van der Waals surface area contributed by atoms with E-state index in [2.05, 4.69) is 11.5 Å². The smallest absolute Gasteiger partial charge is 0.274 e. The lowest BCUT2D eigenvalue weighted by Crippen LogP contribution is -2.23. The molecule has 0 bridgehead atoms. The predicted octanol–water partition coefficient (Wildman–Crippen LogP) is 3.26. The van der Waals surface area contributed by atoms with E-state index < -0.39 is 0 Å². The number of aryl methyl sites for hydroxylation is 1. The van der Waals surface area contributed by atoms with Crippen molar-refractivity contribution in [1.29, 1.82) is 0 Å². The zero-order valence-electron chi connectivity index (χ0n) is 12.3. The standard InChI is InChI=1S/C17H19NO3/c1-3-21-18-17(19)15-8-5-9-16(11-15)20-12-14-7-4-6-13(2)10-14/h4-11H,3,12H2,1-2H3,(H,18,19). The fraction of sp³-hybridized carbons (Fsp3) is 0.235. The molecule has 110 valence electrons. The van der Waals surface area contributed by atoms with Gasteiger partial charge in [0, 0.05) is 5.56 Å². The Morgan fingerprint density at radius 3 is 2.71 bits per heavy atom. The van der Waals surface area contributed by atoms with Crippen molar-refractivity contribution in [3.63, 3.8) is 0 Å². The predicted molar refractivity (Wildman–Crippen MR) is 81.0 cm³/mol. The van der Waals surface area contributed by atoms with E-state index in [0.717, 1.165) is 5.56 Å². The van der Waals surface area contributed by atoms with Gasteiger partial charge in [-0.05, 0) is 37.6 Å². The van der Waals surface area contributed by atoms with Gasteiger partial charge in [-0.25, -0.2) is 5.48 Å². The van der Waals surface area contributed by atoms with Crippen LogP contribution in [0.1, 0.15) is 28.4 Å². The summed E-state index contributed by atoms with van der Waals surface area (Å²) in [6, 6.07) is 15.2. The Hall–Kier alpha value is -2.33. The van der Waals surface area contributed by atoms with Gasteiger partial charge in [-0.2, -0.15) is 0 Å². The zero-order chi connectivity index (χ0) is 15.1. The Kier molecular flexibility index (Phi) is 5.35. The van der Waals surface area contributed by atoms with Crippen LogP contribution in [0.4, 0.5) is 0 Å². The van der Waals surface area contributed by atoms with E-state index in [1.54, 1.807) is 18.2 Å². The normalized spacial score (nSPS) is 10.2. The molecule has 2 rings (SSSR count). The first kappa shape index (κ1) is 15.1. The third kappa shape index (κ3) is 4.61. The van der Waals surface area contributed by atoms with Gasteiger partial charge in [0.1, 0.15) is 12.4 Å². The fourth-order valence-electron chi connectivity index (χ4n) is 1.89. The molecule has 4 heteroatoms. The number of hydrogen-bond acceptors (Lipinski definition) is 3. The number of amides is 1. The minimum atomic E-state index is -0.280. The summed E-state index contributed by atoms with van der Waals surface area (Å²) in [5.74, 6) is 0.374. The van der Waals surface area contributed by atoms with E-state index in [1.807, 2.05) is 38.1 Å². The van der Waals surface area contributed by atoms with Crippen LogP contribution in [0.25, 0.3) is 0 Å². The molecule has 0 radical (unpaired) electrons. The molecule has 0 aliphatic heterocycles. The molecule has 0 aromatic heterocycles. The highest BCUT2D eigenvalue weighted by Crippen LogP contribution is 2.15. The first-order valence-electron chi connectivity index (χ1n) is 6.89. The fourth-order valence-corrected chi connectivity index (χ4v) is 1.89. The number of ether oxygens (including phenoxy) is 1. The van der Waals surface area contributed by atoms with Crippen molar-refractivity contribution in [2.45, 2.75) is 20.5 Å². The first-order chi connectivity index (χ1) is 10.2. The Labute approximate surface area is 124 Å². The molecule has 2 aromatic carbocycles. The van der Waals surface area contributed by atoms with Gasteiger partial charge in [0.05, 0.1) is 6.61 Å². The van der Waals surface area contributed by atoms with Gasteiger partial charge in [-0.15, -0.1) is 0 Å². The second kappa shape index (κ2) is 7.45. The van der Waals surface area contributed by atoms with E-state index in [-0.39, 0.29) is 5.91 Å². The van der Waals surface area contributed by atoms with Crippen molar-refractivity contribution >= 4 is 5.91 Å². The number of carbonyl (C=O) groups is 1. The van der Waals surface area contributed by atoms with Crippen molar-refractivity contribution in [3.05, 3.63) is 65.2 Å². The highest BCUT2D eigenvalue weighted by atomic mass is 16.6. The first-order valence-corrected chi connectivity index (χ1v) is 6.89. The van der Waals surface area contributed by atoms with Crippen molar-refractivity contribution in [2.24, 2.45) is 0 Å². The summed E-state index contributed by atoms with van der Waals surface area (Å²) < 4.78 is 5.72. The molecule has 0 aliphatic rings. The van der Waals surface area contributed by atoms with E-state index >= 15 is 0 Å². The molecule has 21 heavy (non-hydrogen) atoms. The van der Waals surface area contributed by atoms with E-state index in [4.69, 9.17) is 9.57 Å². The van der Waals surface area contributed by atoms with Crippen LogP contribution < -0.4 is 10.2 Å². The molecule has 0 saturated heterocycles. The third-order valence-electron chi connectivity index (χ3n) is 2.89. The maximum absolute atomic E-state index is 11.8. The quantitative estimate of drug-likeness (QED) is 0.829. The lowest BCUT2D eigenvalue weighted by Gasteiger charge is -2.09. The summed E-state index contributed by atoms with van der Waals surface area (Å²) in [7, 11) is 0. The molecule has 0 spiro atoms. The van der Waals surface area contributed by atoms with Crippen LogP contribution >= 0.6 is 0 Å². The number of hydrogen-bond donors (Lipinski definition) is 1. The highest BCUT2D eigenvalue weighted by molar-refractivity contribution is 5.93. The average molecular weight is 285 g/mol. The third-order valence-corrected chi connectivity index (χ3v) is 2.89. The SMILES string of the molecule is CCONC(=O)c1cccc(OCc2cccc(C)c2)c1. The van der Waals surface area contributed by atoms with Crippen LogP contribution in [0.5, 0.6) is 5.75 Å².